The minimum Gasteiger partial charge on any atom is -0.466 e. The van der Waals surface area contributed by atoms with Crippen LogP contribution in [-0.2, 0) is 9.53 Å². The lowest BCUT2D eigenvalue weighted by molar-refractivity contribution is -0.387. The average Bonchev–Trinajstić information content (AvgIpc) is 2.97. The third kappa shape index (κ3) is 17.2. The van der Waals surface area contributed by atoms with Crippen LogP contribution >= 0.6 is 0 Å². The van der Waals surface area contributed by atoms with Gasteiger partial charge in [0, 0.05) is 44.3 Å². The van der Waals surface area contributed by atoms with E-state index in [1.165, 1.54) is 6.92 Å². The molecule has 0 aliphatic heterocycles. The number of carbonyl (C=O) groups excluding carboxylic acids is 1. The fourth-order valence-corrected chi connectivity index (χ4v) is 2.78. The largest absolute Gasteiger partial charge is 0.466 e. The number of hydrogen-bond acceptors (Lipinski definition) is 10. The Kier molecular flexibility index (Phi) is 21.7. The monoisotopic (exact) mass is 684 g/mol. The maximum absolute atomic E-state index is 12.7. The Hall–Kier alpha value is -5.20. The van der Waals surface area contributed by atoms with Crippen molar-refractivity contribution in [2.75, 3.05) is 42.6 Å². The van der Waals surface area contributed by atoms with Gasteiger partial charge in [-0.05, 0) is 27.3 Å². The van der Waals surface area contributed by atoms with Gasteiger partial charge in [-0.15, -0.1) is 0 Å². The number of esters is 1. The lowest BCUT2D eigenvalue weighted by Gasteiger charge is -2.06. The zero-order valence-electron chi connectivity index (χ0n) is 25.9. The molecular formula is C28H35F7N6O6. The number of nitrogen functional groups attached to an aromatic ring is 1. The van der Waals surface area contributed by atoms with Crippen molar-refractivity contribution in [1.29, 1.82) is 0 Å². The molecule has 3 aromatic carbocycles. The predicted molar refractivity (Wildman–Crippen MR) is 162 cm³/mol. The van der Waals surface area contributed by atoms with E-state index in [0.717, 1.165) is 24.7 Å². The SMILES string of the molecule is CCN.CCNc1cc(F)c(F)cc1N.CCNc1cc(F)c(F)cc1[N+](=O)[O-].CCOC(C)=O.O=[N+]([O-])c1cc(F)c(F)cc1F. The molecule has 0 saturated carbocycles. The summed E-state index contributed by atoms with van der Waals surface area (Å²) in [6, 6.07) is 3.68. The van der Waals surface area contributed by atoms with E-state index in [9.17, 15) is 55.8 Å². The number of carbonyl (C=O) groups is 1. The van der Waals surface area contributed by atoms with Gasteiger partial charge in [0.25, 0.3) is 5.69 Å². The van der Waals surface area contributed by atoms with Gasteiger partial charge in [-0.3, -0.25) is 25.0 Å². The Morgan fingerprint density at radius 2 is 1.04 bits per heavy atom. The zero-order chi connectivity index (χ0) is 36.9. The van der Waals surface area contributed by atoms with Gasteiger partial charge in [0.05, 0.1) is 40.0 Å². The summed E-state index contributed by atoms with van der Waals surface area (Å²) in [5, 5.41) is 25.8. The van der Waals surface area contributed by atoms with Crippen LogP contribution in [0, 0.1) is 60.9 Å². The number of nitro benzene ring substituents is 2. The second kappa shape index (κ2) is 23.2. The first-order valence-electron chi connectivity index (χ1n) is 13.4. The normalized spacial score (nSPS) is 9.38. The van der Waals surface area contributed by atoms with Crippen LogP contribution in [0.4, 0.5) is 59.2 Å². The number of nitrogens with one attached hydrogen (secondary N) is 2. The molecule has 0 spiro atoms. The van der Waals surface area contributed by atoms with Crippen LogP contribution in [0.1, 0.15) is 34.6 Å². The molecule has 6 N–H and O–H groups in total. The van der Waals surface area contributed by atoms with Gasteiger partial charge in [0.15, 0.2) is 34.9 Å². The molecular weight excluding hydrogens is 649 g/mol. The van der Waals surface area contributed by atoms with Crippen molar-refractivity contribution in [1.82, 2.24) is 0 Å². The predicted octanol–water partition coefficient (Wildman–Crippen LogP) is 6.83. The Bertz CT molecular complexity index is 1470. The number of anilines is 3. The third-order valence-electron chi connectivity index (χ3n) is 4.60. The number of hydrogen-bond donors (Lipinski definition) is 4. The van der Waals surface area contributed by atoms with Crippen LogP contribution in [-0.4, -0.2) is 42.1 Å². The van der Waals surface area contributed by atoms with E-state index in [4.69, 9.17) is 11.5 Å². The van der Waals surface area contributed by atoms with Gasteiger partial charge < -0.3 is 26.8 Å². The molecule has 0 heterocycles. The van der Waals surface area contributed by atoms with Crippen molar-refractivity contribution in [2.45, 2.75) is 34.6 Å². The van der Waals surface area contributed by atoms with E-state index in [0.29, 0.717) is 31.5 Å². The van der Waals surface area contributed by atoms with Crippen molar-refractivity contribution >= 4 is 34.4 Å². The minimum atomic E-state index is -1.45. The number of ether oxygens (including phenoxy) is 1. The van der Waals surface area contributed by atoms with Gasteiger partial charge in [-0.1, -0.05) is 6.92 Å². The van der Waals surface area contributed by atoms with E-state index in [2.05, 4.69) is 15.4 Å². The molecule has 0 radical (unpaired) electrons. The zero-order valence-corrected chi connectivity index (χ0v) is 25.9. The van der Waals surface area contributed by atoms with Crippen LogP contribution in [0.5, 0.6) is 0 Å². The Morgan fingerprint density at radius 3 is 1.43 bits per heavy atom. The Balaban J connectivity index is 0. The van der Waals surface area contributed by atoms with E-state index in [1.54, 1.807) is 13.8 Å². The van der Waals surface area contributed by atoms with E-state index < -0.39 is 61.9 Å². The molecule has 47 heavy (non-hydrogen) atoms. The first kappa shape index (κ1) is 43.9. The van der Waals surface area contributed by atoms with Crippen molar-refractivity contribution in [3.05, 3.63) is 97.3 Å². The first-order valence-corrected chi connectivity index (χ1v) is 13.4. The molecule has 0 aliphatic carbocycles. The number of rotatable bonds is 7. The van der Waals surface area contributed by atoms with Crippen LogP contribution in [0.25, 0.3) is 0 Å². The summed E-state index contributed by atoms with van der Waals surface area (Å²) in [7, 11) is 0. The molecule has 12 nitrogen and oxygen atoms in total. The molecule has 0 saturated heterocycles. The number of halogens is 7. The molecule has 3 aromatic rings. The van der Waals surface area contributed by atoms with E-state index in [1.807, 2.05) is 13.8 Å². The highest BCUT2D eigenvalue weighted by molar-refractivity contribution is 5.66. The molecule has 0 atom stereocenters. The van der Waals surface area contributed by atoms with Gasteiger partial charge in [0.2, 0.25) is 5.82 Å². The number of benzene rings is 3. The highest BCUT2D eigenvalue weighted by atomic mass is 19.2. The molecule has 3 rings (SSSR count). The van der Waals surface area contributed by atoms with Crippen molar-refractivity contribution < 1.29 is 50.1 Å². The summed E-state index contributed by atoms with van der Waals surface area (Å²) in [6.45, 7) is 10.9. The third-order valence-corrected chi connectivity index (χ3v) is 4.60. The minimum absolute atomic E-state index is 0.0172. The first-order chi connectivity index (χ1) is 21.9. The number of nitrogens with zero attached hydrogens (tertiary/aromatic N) is 2. The molecule has 0 aliphatic rings. The summed E-state index contributed by atoms with van der Waals surface area (Å²) in [6.07, 6.45) is 0. The van der Waals surface area contributed by atoms with Gasteiger partial charge in [-0.2, -0.15) is 4.39 Å². The van der Waals surface area contributed by atoms with Crippen LogP contribution in [0.15, 0.2) is 36.4 Å². The smallest absolute Gasteiger partial charge is 0.307 e. The second-order valence-corrected chi connectivity index (χ2v) is 8.26. The fraction of sp³-hybridized carbons (Fsp3) is 0.321. The second-order valence-electron chi connectivity index (χ2n) is 8.26. The number of nitro groups is 2. The summed E-state index contributed by atoms with van der Waals surface area (Å²) < 4.78 is 91.8. The van der Waals surface area contributed by atoms with Crippen LogP contribution < -0.4 is 22.1 Å². The number of nitrogens with two attached hydrogens (primary N) is 2. The quantitative estimate of drug-likeness (QED) is 0.0513. The van der Waals surface area contributed by atoms with Crippen molar-refractivity contribution in [2.24, 2.45) is 5.73 Å². The molecule has 0 fully saturated rings. The molecule has 0 unspecified atom stereocenters. The lowest BCUT2D eigenvalue weighted by Crippen LogP contribution is -2.02. The highest BCUT2D eigenvalue weighted by Gasteiger charge is 2.19. The van der Waals surface area contributed by atoms with Gasteiger partial charge in [-0.25, -0.2) is 26.3 Å². The van der Waals surface area contributed by atoms with E-state index >= 15 is 0 Å². The Morgan fingerprint density at radius 1 is 0.681 bits per heavy atom. The summed E-state index contributed by atoms with van der Waals surface area (Å²) >= 11 is 0. The van der Waals surface area contributed by atoms with Crippen LogP contribution in [0.3, 0.4) is 0 Å². The Labute approximate surface area is 265 Å². The lowest BCUT2D eigenvalue weighted by atomic mass is 10.2. The molecule has 262 valence electrons. The molecule has 0 bridgehead atoms. The molecule has 19 heteroatoms. The standard InChI is InChI=1S/C8H8F2N2O2.C8H10F2N2.C6H2F3NO2.C4H8O2.C2H7N/c1-2-11-7-3-5(9)6(10)4-8(7)12(13)14;1-2-12-8-4-6(10)5(9)3-7(8)11;7-3-1-5(9)6(10(11)12)2-4(3)8;1-3-6-4(2)5;1-2-3/h3-4,11H,2H2,1H3;3-4,12H,2,11H2,1H3;1-2H;3H2,1-2H3;2-3H2,1H3. The summed E-state index contributed by atoms with van der Waals surface area (Å²) in [4.78, 5) is 28.3. The van der Waals surface area contributed by atoms with Crippen molar-refractivity contribution in [3.63, 3.8) is 0 Å². The summed E-state index contributed by atoms with van der Waals surface area (Å²) in [5.74, 6) is -8.63. The topological polar surface area (TPSA) is 189 Å². The maximum atomic E-state index is 12.7. The fourth-order valence-electron chi connectivity index (χ4n) is 2.78. The van der Waals surface area contributed by atoms with Crippen LogP contribution in [0.2, 0.25) is 0 Å². The molecule has 0 aromatic heterocycles. The average molecular weight is 685 g/mol. The maximum Gasteiger partial charge on any atom is 0.307 e. The highest BCUT2D eigenvalue weighted by Crippen LogP contribution is 2.27. The van der Waals surface area contributed by atoms with E-state index in [-0.39, 0.29) is 29.5 Å². The summed E-state index contributed by atoms with van der Waals surface area (Å²) in [5.41, 5.74) is 9.34. The molecule has 0 amide bonds. The van der Waals surface area contributed by atoms with Crippen molar-refractivity contribution in [3.8, 4) is 0 Å². The van der Waals surface area contributed by atoms with Gasteiger partial charge >= 0.3 is 11.7 Å². The van der Waals surface area contributed by atoms with Gasteiger partial charge in [0.1, 0.15) is 5.69 Å².